The molecule has 0 saturated heterocycles. The van der Waals surface area contributed by atoms with Gasteiger partial charge in [0.2, 0.25) is 21.0 Å². The topological polar surface area (TPSA) is 122 Å². The quantitative estimate of drug-likeness (QED) is 0.244. The SMILES string of the molecule is NS(=O)(=O)c1ccccc1NC(=S)N=Nc1c(O)n(Cc2ccccc2)c2cc(Cl)c(F)cc12. The van der Waals surface area contributed by atoms with E-state index in [-0.39, 0.29) is 44.2 Å². The Bertz CT molecular complexity index is 1540. The van der Waals surface area contributed by atoms with Crippen molar-refractivity contribution in [2.45, 2.75) is 11.4 Å². The highest BCUT2D eigenvalue weighted by Crippen LogP contribution is 2.41. The van der Waals surface area contributed by atoms with Crippen molar-refractivity contribution in [2.24, 2.45) is 15.4 Å². The summed E-state index contributed by atoms with van der Waals surface area (Å²) in [5.41, 5.74) is 1.42. The van der Waals surface area contributed by atoms with Crippen molar-refractivity contribution in [1.82, 2.24) is 4.57 Å². The maximum absolute atomic E-state index is 14.2. The Balaban J connectivity index is 1.71. The van der Waals surface area contributed by atoms with Crippen LogP contribution < -0.4 is 10.5 Å². The van der Waals surface area contributed by atoms with Crippen LogP contribution in [0.3, 0.4) is 0 Å². The molecule has 0 saturated carbocycles. The zero-order chi connectivity index (χ0) is 24.5. The molecule has 0 aliphatic heterocycles. The predicted molar refractivity (Wildman–Crippen MR) is 133 cm³/mol. The Morgan fingerprint density at radius 1 is 1.15 bits per heavy atom. The Kier molecular flexibility index (Phi) is 6.62. The van der Waals surface area contributed by atoms with Crippen molar-refractivity contribution in [1.29, 1.82) is 0 Å². The summed E-state index contributed by atoms with van der Waals surface area (Å²) in [6.45, 7) is 0.269. The van der Waals surface area contributed by atoms with Gasteiger partial charge in [0.1, 0.15) is 10.7 Å². The Morgan fingerprint density at radius 2 is 1.82 bits per heavy atom. The lowest BCUT2D eigenvalue weighted by Gasteiger charge is -2.08. The number of hydrogen-bond acceptors (Lipinski definition) is 5. The van der Waals surface area contributed by atoms with Gasteiger partial charge in [0, 0.05) is 5.39 Å². The number of para-hydroxylation sites is 1. The normalized spacial score (nSPS) is 11.9. The summed E-state index contributed by atoms with van der Waals surface area (Å²) < 4.78 is 39.3. The number of sulfonamides is 1. The number of anilines is 1. The molecule has 3 aromatic carbocycles. The summed E-state index contributed by atoms with van der Waals surface area (Å²) in [5.74, 6) is -0.956. The molecule has 4 rings (SSSR count). The fourth-order valence-electron chi connectivity index (χ4n) is 3.39. The van der Waals surface area contributed by atoms with E-state index in [1.807, 2.05) is 30.3 Å². The number of aromatic nitrogens is 1. The number of fused-ring (bicyclic) bond motifs is 1. The van der Waals surface area contributed by atoms with Crippen LogP contribution in [-0.2, 0) is 16.6 Å². The first-order valence-corrected chi connectivity index (χ1v) is 12.1. The molecule has 4 aromatic rings. The van der Waals surface area contributed by atoms with Gasteiger partial charge in [0.25, 0.3) is 0 Å². The highest BCUT2D eigenvalue weighted by atomic mass is 35.5. The monoisotopic (exact) mass is 517 g/mol. The van der Waals surface area contributed by atoms with Gasteiger partial charge in [0.15, 0.2) is 5.69 Å². The van der Waals surface area contributed by atoms with E-state index in [0.29, 0.717) is 5.52 Å². The van der Waals surface area contributed by atoms with E-state index in [2.05, 4.69) is 15.5 Å². The first-order chi connectivity index (χ1) is 16.1. The molecule has 1 aromatic heterocycles. The number of thiocarbonyl (C=S) groups is 1. The molecule has 174 valence electrons. The minimum atomic E-state index is -4.01. The van der Waals surface area contributed by atoms with Crippen LogP contribution >= 0.6 is 23.8 Å². The van der Waals surface area contributed by atoms with Gasteiger partial charge in [-0.1, -0.05) is 54.1 Å². The van der Waals surface area contributed by atoms with Gasteiger partial charge in [-0.2, -0.15) is 0 Å². The van der Waals surface area contributed by atoms with Crippen molar-refractivity contribution in [3.63, 3.8) is 0 Å². The number of azo groups is 1. The molecule has 0 aliphatic carbocycles. The van der Waals surface area contributed by atoms with Crippen LogP contribution in [0.2, 0.25) is 5.02 Å². The third kappa shape index (κ3) is 4.92. The summed E-state index contributed by atoms with van der Waals surface area (Å²) in [5, 5.41) is 26.6. The van der Waals surface area contributed by atoms with Gasteiger partial charge < -0.3 is 15.0 Å². The van der Waals surface area contributed by atoms with Crippen LogP contribution in [0.4, 0.5) is 15.8 Å². The molecule has 0 unspecified atom stereocenters. The molecule has 0 atom stereocenters. The molecule has 4 N–H and O–H groups in total. The molecule has 8 nitrogen and oxygen atoms in total. The van der Waals surface area contributed by atoms with Crippen LogP contribution in [0.15, 0.2) is 81.9 Å². The predicted octanol–water partition coefficient (Wildman–Crippen LogP) is 5.32. The second-order valence-corrected chi connectivity index (χ2v) is 9.52. The first kappa shape index (κ1) is 23.8. The van der Waals surface area contributed by atoms with E-state index in [1.54, 1.807) is 6.07 Å². The summed E-state index contributed by atoms with van der Waals surface area (Å²) in [6.07, 6.45) is 0. The van der Waals surface area contributed by atoms with Crippen molar-refractivity contribution < 1.29 is 17.9 Å². The minimum absolute atomic E-state index is 0.0228. The van der Waals surface area contributed by atoms with Gasteiger partial charge in [-0.25, -0.2) is 17.9 Å². The maximum atomic E-state index is 14.2. The number of hydrogen-bond donors (Lipinski definition) is 3. The van der Waals surface area contributed by atoms with Crippen LogP contribution in [0.5, 0.6) is 5.88 Å². The molecule has 0 aliphatic rings. The van der Waals surface area contributed by atoms with Gasteiger partial charge >= 0.3 is 0 Å². The molecular formula is C22H17ClFN5O3S2. The molecular weight excluding hydrogens is 501 g/mol. The second kappa shape index (κ2) is 9.47. The number of halogens is 2. The lowest BCUT2D eigenvalue weighted by Crippen LogP contribution is -2.16. The molecule has 0 amide bonds. The van der Waals surface area contributed by atoms with E-state index in [0.717, 1.165) is 11.6 Å². The van der Waals surface area contributed by atoms with Gasteiger partial charge in [-0.15, -0.1) is 10.2 Å². The third-order valence-electron chi connectivity index (χ3n) is 4.91. The average molecular weight is 518 g/mol. The maximum Gasteiger partial charge on any atom is 0.240 e. The minimum Gasteiger partial charge on any atom is -0.493 e. The van der Waals surface area contributed by atoms with E-state index in [1.165, 1.54) is 28.8 Å². The highest BCUT2D eigenvalue weighted by Gasteiger charge is 2.20. The lowest BCUT2D eigenvalue weighted by molar-refractivity contribution is 0.429. The Hall–Kier alpha value is -3.38. The summed E-state index contributed by atoms with van der Waals surface area (Å²) in [4.78, 5) is -0.174. The fraction of sp³-hybridized carbons (Fsp3) is 0.0455. The molecule has 1 heterocycles. The second-order valence-electron chi connectivity index (χ2n) is 7.20. The van der Waals surface area contributed by atoms with Crippen LogP contribution in [-0.4, -0.2) is 23.2 Å². The van der Waals surface area contributed by atoms with Gasteiger partial charge in [-0.3, -0.25) is 0 Å². The summed E-state index contributed by atoms with van der Waals surface area (Å²) >= 11 is 11.1. The standard InChI is InChI=1S/C22H17ClFN5O3S2/c23-15-11-18-14(10-16(15)24)20(21(30)29(18)12-13-6-2-1-3-7-13)27-28-22(33)26-17-8-4-5-9-19(17)34(25,31)32/h1-11,30H,12H2,(H,26,33)(H2,25,31,32). The number of nitrogens with two attached hydrogens (primary N) is 1. The molecule has 0 fully saturated rings. The van der Waals surface area contributed by atoms with E-state index in [9.17, 15) is 17.9 Å². The zero-order valence-electron chi connectivity index (χ0n) is 17.3. The van der Waals surface area contributed by atoms with Crippen molar-refractivity contribution in [2.75, 3.05) is 5.32 Å². The van der Waals surface area contributed by atoms with Gasteiger partial charge in [-0.05, 0) is 42.0 Å². The first-order valence-electron chi connectivity index (χ1n) is 9.74. The molecule has 0 spiro atoms. The third-order valence-corrected chi connectivity index (χ3v) is 6.35. The van der Waals surface area contributed by atoms with Crippen LogP contribution in [0.1, 0.15) is 5.56 Å². The van der Waals surface area contributed by atoms with E-state index < -0.39 is 15.8 Å². The van der Waals surface area contributed by atoms with E-state index in [4.69, 9.17) is 29.0 Å². The van der Waals surface area contributed by atoms with Crippen molar-refractivity contribution in [3.8, 4) is 5.88 Å². The highest BCUT2D eigenvalue weighted by molar-refractivity contribution is 7.89. The zero-order valence-corrected chi connectivity index (χ0v) is 19.7. The van der Waals surface area contributed by atoms with Crippen LogP contribution in [0.25, 0.3) is 10.9 Å². The molecule has 0 bridgehead atoms. The van der Waals surface area contributed by atoms with Gasteiger partial charge in [0.05, 0.1) is 22.8 Å². The number of aromatic hydroxyl groups is 1. The Morgan fingerprint density at radius 3 is 2.53 bits per heavy atom. The van der Waals surface area contributed by atoms with E-state index >= 15 is 0 Å². The number of nitrogens with one attached hydrogen (secondary N) is 1. The van der Waals surface area contributed by atoms with Crippen LogP contribution in [0, 0.1) is 5.82 Å². The average Bonchev–Trinajstić information content (AvgIpc) is 3.03. The summed E-state index contributed by atoms with van der Waals surface area (Å²) in [6, 6.07) is 17.7. The number of nitrogens with zero attached hydrogens (tertiary/aromatic N) is 3. The van der Waals surface area contributed by atoms with Crippen molar-refractivity contribution in [3.05, 3.63) is 83.1 Å². The smallest absolute Gasteiger partial charge is 0.240 e. The Labute approximate surface area is 204 Å². The fourth-order valence-corrected chi connectivity index (χ4v) is 4.39. The van der Waals surface area contributed by atoms with Crippen molar-refractivity contribution >= 4 is 61.2 Å². The molecule has 12 heteroatoms. The molecule has 0 radical (unpaired) electrons. The number of primary sulfonamides is 1. The summed E-state index contributed by atoms with van der Waals surface area (Å²) in [7, 11) is -4.01. The number of rotatable bonds is 5. The molecule has 34 heavy (non-hydrogen) atoms. The largest absolute Gasteiger partial charge is 0.493 e. The lowest BCUT2D eigenvalue weighted by atomic mass is 10.2. The number of benzene rings is 3.